The Bertz CT molecular complexity index is 649. The Balaban J connectivity index is 2.16. The van der Waals surface area contributed by atoms with Crippen molar-refractivity contribution < 1.29 is 14.3 Å². The van der Waals surface area contributed by atoms with Crippen molar-refractivity contribution in [2.45, 2.75) is 39.2 Å². The van der Waals surface area contributed by atoms with E-state index in [1.165, 1.54) is 0 Å². The van der Waals surface area contributed by atoms with Crippen LogP contribution >= 0.6 is 0 Å². The van der Waals surface area contributed by atoms with Crippen LogP contribution < -0.4 is 0 Å². The Labute approximate surface area is 143 Å². The molecule has 3 nitrogen and oxygen atoms in total. The lowest BCUT2D eigenvalue weighted by molar-refractivity contribution is -0.126. The van der Waals surface area contributed by atoms with Gasteiger partial charge in [0.1, 0.15) is 11.9 Å². The third-order valence-corrected chi connectivity index (χ3v) is 4.18. The van der Waals surface area contributed by atoms with Gasteiger partial charge in [0.25, 0.3) is 0 Å². The molecule has 2 atom stereocenters. The quantitative estimate of drug-likeness (QED) is 0.673. The van der Waals surface area contributed by atoms with E-state index in [0.29, 0.717) is 24.8 Å². The maximum atomic E-state index is 12.4. The first-order valence-electron chi connectivity index (χ1n) is 8.48. The standard InChI is InChI=1S/C21H24O3/c1-3-19(22)18(15-16-11-7-5-8-12-16)20(4-2)24-21(23)17-13-9-6-10-14-17/h5-14,18,20H,3-4,15H2,1-2H3. The monoisotopic (exact) mass is 324 g/mol. The second-order valence-electron chi connectivity index (χ2n) is 5.83. The number of ketones is 1. The zero-order valence-electron chi connectivity index (χ0n) is 14.3. The minimum atomic E-state index is -0.412. The molecule has 0 N–H and O–H groups in total. The van der Waals surface area contributed by atoms with Crippen molar-refractivity contribution >= 4 is 11.8 Å². The predicted octanol–water partition coefficient (Wildman–Crippen LogP) is 4.46. The molecule has 0 aromatic heterocycles. The molecule has 0 amide bonds. The second-order valence-corrected chi connectivity index (χ2v) is 5.83. The fourth-order valence-electron chi connectivity index (χ4n) is 2.81. The number of rotatable bonds is 8. The Kier molecular flexibility index (Phi) is 6.74. The van der Waals surface area contributed by atoms with Crippen molar-refractivity contribution in [2.24, 2.45) is 5.92 Å². The molecule has 2 aromatic carbocycles. The van der Waals surface area contributed by atoms with Gasteiger partial charge in [0.15, 0.2) is 0 Å². The van der Waals surface area contributed by atoms with Gasteiger partial charge in [-0.15, -0.1) is 0 Å². The van der Waals surface area contributed by atoms with Gasteiger partial charge in [0.2, 0.25) is 0 Å². The maximum Gasteiger partial charge on any atom is 0.338 e. The van der Waals surface area contributed by atoms with Crippen LogP contribution in [0.4, 0.5) is 0 Å². The number of benzene rings is 2. The van der Waals surface area contributed by atoms with E-state index in [1.807, 2.05) is 50.2 Å². The second kappa shape index (κ2) is 9.02. The number of carbonyl (C=O) groups excluding carboxylic acids is 2. The van der Waals surface area contributed by atoms with Gasteiger partial charge in [-0.2, -0.15) is 0 Å². The Morgan fingerprint density at radius 2 is 1.50 bits per heavy atom. The highest BCUT2D eigenvalue weighted by molar-refractivity contribution is 5.90. The molecule has 0 spiro atoms. The van der Waals surface area contributed by atoms with Crippen molar-refractivity contribution in [1.29, 1.82) is 0 Å². The van der Waals surface area contributed by atoms with Gasteiger partial charge in [-0.3, -0.25) is 4.79 Å². The first-order valence-corrected chi connectivity index (χ1v) is 8.48. The highest BCUT2D eigenvalue weighted by Gasteiger charge is 2.29. The van der Waals surface area contributed by atoms with E-state index >= 15 is 0 Å². The molecule has 0 saturated carbocycles. The fourth-order valence-corrected chi connectivity index (χ4v) is 2.81. The summed E-state index contributed by atoms with van der Waals surface area (Å²) in [6, 6.07) is 18.8. The van der Waals surface area contributed by atoms with Crippen LogP contribution in [0, 0.1) is 5.92 Å². The summed E-state index contributed by atoms with van der Waals surface area (Å²) in [6.45, 7) is 3.80. The molecule has 24 heavy (non-hydrogen) atoms. The summed E-state index contributed by atoms with van der Waals surface area (Å²) in [7, 11) is 0. The molecule has 3 heteroatoms. The number of carbonyl (C=O) groups is 2. The van der Waals surface area contributed by atoms with Crippen LogP contribution in [-0.4, -0.2) is 17.9 Å². The van der Waals surface area contributed by atoms with Gasteiger partial charge in [0, 0.05) is 6.42 Å². The molecule has 2 rings (SSSR count). The lowest BCUT2D eigenvalue weighted by Gasteiger charge is -2.25. The molecule has 0 bridgehead atoms. The Hall–Kier alpha value is -2.42. The topological polar surface area (TPSA) is 43.4 Å². The average Bonchev–Trinajstić information content (AvgIpc) is 2.65. The lowest BCUT2D eigenvalue weighted by Crippen LogP contribution is -2.33. The van der Waals surface area contributed by atoms with E-state index in [2.05, 4.69) is 0 Å². The van der Waals surface area contributed by atoms with Gasteiger partial charge >= 0.3 is 5.97 Å². The average molecular weight is 324 g/mol. The van der Waals surface area contributed by atoms with E-state index in [9.17, 15) is 9.59 Å². The Morgan fingerprint density at radius 1 is 0.917 bits per heavy atom. The van der Waals surface area contributed by atoms with Gasteiger partial charge in [-0.05, 0) is 30.5 Å². The van der Waals surface area contributed by atoms with E-state index in [4.69, 9.17) is 4.74 Å². The molecule has 2 aromatic rings. The summed E-state index contributed by atoms with van der Waals surface area (Å²) in [4.78, 5) is 24.8. The third kappa shape index (κ3) is 4.79. The molecule has 0 saturated heterocycles. The van der Waals surface area contributed by atoms with Crippen LogP contribution in [0.2, 0.25) is 0 Å². The summed E-state index contributed by atoms with van der Waals surface area (Å²) in [6.07, 6.45) is 1.23. The van der Waals surface area contributed by atoms with Crippen molar-refractivity contribution in [3.63, 3.8) is 0 Å². The molecule has 0 aliphatic carbocycles. The molecule has 2 unspecified atom stereocenters. The maximum absolute atomic E-state index is 12.4. The van der Waals surface area contributed by atoms with E-state index in [1.54, 1.807) is 24.3 Å². The first kappa shape index (κ1) is 17.9. The smallest absolute Gasteiger partial charge is 0.338 e. The van der Waals surface area contributed by atoms with Crippen molar-refractivity contribution in [2.75, 3.05) is 0 Å². The van der Waals surface area contributed by atoms with E-state index in [-0.39, 0.29) is 17.7 Å². The van der Waals surface area contributed by atoms with Gasteiger partial charge in [-0.1, -0.05) is 62.4 Å². The minimum Gasteiger partial charge on any atom is -0.458 e. The lowest BCUT2D eigenvalue weighted by atomic mass is 9.87. The molecule has 0 aliphatic rings. The minimum absolute atomic E-state index is 0.131. The largest absolute Gasteiger partial charge is 0.458 e. The summed E-state index contributed by atoms with van der Waals surface area (Å²) in [5.74, 6) is -0.550. The normalized spacial score (nSPS) is 13.1. The molecular weight excluding hydrogens is 300 g/mol. The van der Waals surface area contributed by atoms with Gasteiger partial charge < -0.3 is 4.74 Å². The number of hydrogen-bond acceptors (Lipinski definition) is 3. The molecular formula is C21H24O3. The predicted molar refractivity (Wildman–Crippen MR) is 94.9 cm³/mol. The van der Waals surface area contributed by atoms with Crippen molar-refractivity contribution in [3.05, 3.63) is 71.8 Å². The van der Waals surface area contributed by atoms with Crippen LogP contribution in [0.15, 0.2) is 60.7 Å². The molecule has 0 radical (unpaired) electrons. The van der Waals surface area contributed by atoms with Crippen molar-refractivity contribution in [1.82, 2.24) is 0 Å². The van der Waals surface area contributed by atoms with Crippen LogP contribution in [-0.2, 0) is 16.0 Å². The molecule has 126 valence electrons. The van der Waals surface area contributed by atoms with Crippen LogP contribution in [0.3, 0.4) is 0 Å². The summed E-state index contributed by atoms with van der Waals surface area (Å²) in [5.41, 5.74) is 1.59. The molecule has 0 aliphatic heterocycles. The van der Waals surface area contributed by atoms with Crippen LogP contribution in [0.5, 0.6) is 0 Å². The summed E-state index contributed by atoms with van der Waals surface area (Å²) < 4.78 is 5.68. The zero-order valence-corrected chi connectivity index (χ0v) is 14.3. The van der Waals surface area contributed by atoms with Crippen LogP contribution in [0.25, 0.3) is 0 Å². The van der Waals surface area contributed by atoms with E-state index < -0.39 is 6.10 Å². The number of hydrogen-bond donors (Lipinski definition) is 0. The number of ether oxygens (including phenoxy) is 1. The highest BCUT2D eigenvalue weighted by atomic mass is 16.5. The molecule has 0 fully saturated rings. The first-order chi connectivity index (χ1) is 11.7. The molecule has 0 heterocycles. The highest BCUT2D eigenvalue weighted by Crippen LogP contribution is 2.21. The number of esters is 1. The number of Topliss-reactive ketones (excluding diaryl/α,β-unsaturated/α-hetero) is 1. The Morgan fingerprint density at radius 3 is 2.04 bits per heavy atom. The SMILES string of the molecule is CCC(=O)C(Cc1ccccc1)C(CC)OC(=O)c1ccccc1. The zero-order chi connectivity index (χ0) is 17.4. The van der Waals surface area contributed by atoms with Crippen molar-refractivity contribution in [3.8, 4) is 0 Å². The van der Waals surface area contributed by atoms with E-state index in [0.717, 1.165) is 5.56 Å². The van der Waals surface area contributed by atoms with Gasteiger partial charge in [0.05, 0.1) is 11.5 Å². The van der Waals surface area contributed by atoms with Gasteiger partial charge in [-0.25, -0.2) is 4.79 Å². The fraction of sp³-hybridized carbons (Fsp3) is 0.333. The third-order valence-electron chi connectivity index (χ3n) is 4.18. The summed E-state index contributed by atoms with van der Waals surface area (Å²) in [5, 5.41) is 0. The van der Waals surface area contributed by atoms with Crippen LogP contribution in [0.1, 0.15) is 42.6 Å². The summed E-state index contributed by atoms with van der Waals surface area (Å²) >= 11 is 0.